The number of hydrogen-bond donors (Lipinski definition) is 1. The largest absolute Gasteiger partial charge is 0.274 e. The zero-order valence-corrected chi connectivity index (χ0v) is 23.8. The van der Waals surface area contributed by atoms with Crippen LogP contribution in [0.1, 0.15) is 36.4 Å². The van der Waals surface area contributed by atoms with Gasteiger partial charge in [0.1, 0.15) is 0 Å². The van der Waals surface area contributed by atoms with E-state index in [1.165, 1.54) is 17.1 Å². The molecule has 1 aliphatic heterocycles. The van der Waals surface area contributed by atoms with Gasteiger partial charge >= 0.3 is 0 Å². The molecule has 0 saturated heterocycles. The molecule has 1 unspecified atom stereocenters. The van der Waals surface area contributed by atoms with Gasteiger partial charge in [-0.25, -0.2) is 18.1 Å². The number of amides is 2. The fourth-order valence-electron chi connectivity index (χ4n) is 5.04. The van der Waals surface area contributed by atoms with E-state index in [1.54, 1.807) is 30.6 Å². The van der Waals surface area contributed by atoms with Crippen molar-refractivity contribution in [1.82, 2.24) is 19.7 Å². The van der Waals surface area contributed by atoms with Gasteiger partial charge in [-0.2, -0.15) is 5.10 Å². The Morgan fingerprint density at radius 3 is 2.09 bits per heavy atom. The van der Waals surface area contributed by atoms with Gasteiger partial charge in [0, 0.05) is 31.7 Å². The van der Waals surface area contributed by atoms with Crippen LogP contribution in [0.4, 0.5) is 0 Å². The van der Waals surface area contributed by atoms with Crippen LogP contribution in [-0.4, -0.2) is 40.9 Å². The van der Waals surface area contributed by atoms with Crippen molar-refractivity contribution in [1.29, 1.82) is 0 Å². The molecule has 2 amide bonds. The highest BCUT2D eigenvalue weighted by molar-refractivity contribution is 7.90. The van der Waals surface area contributed by atoms with Gasteiger partial charge in [-0.3, -0.25) is 19.6 Å². The standard InChI is InChI=1S/C33H27N5O4S/c39-32(37-43(41,42)27-9-5-2-6-10-27)17-18-33(40)38-31(26-15-16-28-30(21-26)35-20-19-34-28)22-29(36-38)25-13-11-24(12-14-25)23-7-3-1-4-8-23/h1-16,19-21,31H,17-18,22H2,(H,37,39). The van der Waals surface area contributed by atoms with Crippen molar-refractivity contribution in [3.05, 3.63) is 127 Å². The third-order valence-electron chi connectivity index (χ3n) is 7.24. The molecule has 1 aromatic heterocycles. The highest BCUT2D eigenvalue weighted by Crippen LogP contribution is 2.35. The first-order valence-electron chi connectivity index (χ1n) is 13.7. The quantitative estimate of drug-likeness (QED) is 0.264. The minimum absolute atomic E-state index is 0.0267. The fraction of sp³-hybridized carbons (Fsp3) is 0.121. The molecule has 0 bridgehead atoms. The van der Waals surface area contributed by atoms with Crippen LogP contribution in [0.5, 0.6) is 0 Å². The highest BCUT2D eigenvalue weighted by atomic mass is 32.2. The van der Waals surface area contributed by atoms with Crippen LogP contribution in [0, 0.1) is 0 Å². The van der Waals surface area contributed by atoms with Crippen molar-refractivity contribution in [2.75, 3.05) is 0 Å². The predicted octanol–water partition coefficient (Wildman–Crippen LogP) is 5.26. The van der Waals surface area contributed by atoms with Crippen molar-refractivity contribution >= 4 is 38.6 Å². The number of carbonyl (C=O) groups is 2. The normalized spacial score (nSPS) is 14.8. The highest BCUT2D eigenvalue weighted by Gasteiger charge is 2.33. The number of nitrogens with one attached hydrogen (secondary N) is 1. The first-order valence-corrected chi connectivity index (χ1v) is 15.2. The number of aromatic nitrogens is 2. The van der Waals surface area contributed by atoms with Gasteiger partial charge in [-0.05, 0) is 46.5 Å². The van der Waals surface area contributed by atoms with E-state index in [-0.39, 0.29) is 17.7 Å². The summed E-state index contributed by atoms with van der Waals surface area (Å²) in [6.45, 7) is 0. The van der Waals surface area contributed by atoms with E-state index in [0.29, 0.717) is 11.9 Å². The van der Waals surface area contributed by atoms with E-state index in [2.05, 4.69) is 9.97 Å². The topological polar surface area (TPSA) is 122 Å². The molecule has 1 N–H and O–H groups in total. The lowest BCUT2D eigenvalue weighted by atomic mass is 9.96. The van der Waals surface area contributed by atoms with Crippen LogP contribution < -0.4 is 4.72 Å². The molecule has 0 radical (unpaired) electrons. The van der Waals surface area contributed by atoms with Gasteiger partial charge in [-0.1, -0.05) is 78.9 Å². The van der Waals surface area contributed by atoms with Crippen LogP contribution in [0.15, 0.2) is 126 Å². The molecule has 9 nitrogen and oxygen atoms in total. The number of hydrogen-bond acceptors (Lipinski definition) is 7. The number of sulfonamides is 1. The predicted molar refractivity (Wildman–Crippen MR) is 163 cm³/mol. The van der Waals surface area contributed by atoms with E-state index in [0.717, 1.165) is 33.5 Å². The molecule has 0 spiro atoms. The summed E-state index contributed by atoms with van der Waals surface area (Å²) >= 11 is 0. The first-order chi connectivity index (χ1) is 20.9. The van der Waals surface area contributed by atoms with Crippen molar-refractivity contribution in [2.24, 2.45) is 5.10 Å². The molecule has 6 rings (SSSR count). The lowest BCUT2D eigenvalue weighted by molar-refractivity contribution is -0.134. The van der Waals surface area contributed by atoms with Gasteiger partial charge in [0.25, 0.3) is 10.0 Å². The van der Waals surface area contributed by atoms with Crippen molar-refractivity contribution in [3.8, 4) is 11.1 Å². The summed E-state index contributed by atoms with van der Waals surface area (Å²) in [4.78, 5) is 34.8. The average molecular weight is 590 g/mol. The molecule has 4 aromatic carbocycles. The average Bonchev–Trinajstić information content (AvgIpc) is 3.50. The molecule has 1 atom stereocenters. The molecule has 43 heavy (non-hydrogen) atoms. The SMILES string of the molecule is O=C(CCC(=O)N1N=C(c2ccc(-c3ccccc3)cc2)CC1c1ccc2nccnc2c1)NS(=O)(=O)c1ccccc1. The van der Waals surface area contributed by atoms with Gasteiger partial charge in [0.05, 0.1) is 27.7 Å². The molecule has 10 heteroatoms. The van der Waals surface area contributed by atoms with Crippen molar-refractivity contribution in [3.63, 3.8) is 0 Å². The summed E-state index contributed by atoms with van der Waals surface area (Å²) in [6.07, 6.45) is 3.16. The number of fused-ring (bicyclic) bond motifs is 1. The second-order valence-electron chi connectivity index (χ2n) is 10.1. The molecule has 0 fully saturated rings. The Hall–Kier alpha value is -5.22. The molecular formula is C33H27N5O4S. The van der Waals surface area contributed by atoms with Crippen LogP contribution in [0.2, 0.25) is 0 Å². The van der Waals surface area contributed by atoms with E-state index < -0.39 is 27.9 Å². The van der Waals surface area contributed by atoms with E-state index in [9.17, 15) is 18.0 Å². The maximum absolute atomic E-state index is 13.5. The summed E-state index contributed by atoms with van der Waals surface area (Å²) in [5.41, 5.74) is 6.03. The fourth-order valence-corrected chi connectivity index (χ4v) is 6.08. The van der Waals surface area contributed by atoms with Crippen LogP contribution in [0.3, 0.4) is 0 Å². The molecule has 0 saturated carbocycles. The second-order valence-corrected chi connectivity index (χ2v) is 11.8. The summed E-state index contributed by atoms with van der Waals surface area (Å²) < 4.78 is 27.1. The van der Waals surface area contributed by atoms with Gasteiger partial charge < -0.3 is 0 Å². The Kier molecular flexibility index (Phi) is 7.76. The number of carbonyl (C=O) groups excluding carboxylic acids is 2. The number of nitrogens with zero attached hydrogens (tertiary/aromatic N) is 4. The van der Waals surface area contributed by atoms with E-state index in [4.69, 9.17) is 5.10 Å². The Morgan fingerprint density at radius 1 is 0.744 bits per heavy atom. The minimum atomic E-state index is -4.03. The summed E-state index contributed by atoms with van der Waals surface area (Å²) in [6, 6.07) is 30.9. The first kappa shape index (κ1) is 27.9. The Bertz CT molecular complexity index is 1930. The van der Waals surface area contributed by atoms with Crippen molar-refractivity contribution < 1.29 is 18.0 Å². The van der Waals surface area contributed by atoms with Gasteiger partial charge in [0.15, 0.2) is 0 Å². The second kappa shape index (κ2) is 11.9. The summed E-state index contributed by atoms with van der Waals surface area (Å²) in [7, 11) is -4.03. The third kappa shape index (κ3) is 6.19. The molecular weight excluding hydrogens is 562 g/mol. The van der Waals surface area contributed by atoms with E-state index in [1.807, 2.05) is 77.5 Å². The Morgan fingerprint density at radius 2 is 1.37 bits per heavy atom. The Balaban J connectivity index is 1.23. The van der Waals surface area contributed by atoms with Crippen LogP contribution in [-0.2, 0) is 19.6 Å². The third-order valence-corrected chi connectivity index (χ3v) is 8.63. The van der Waals surface area contributed by atoms with Crippen LogP contribution in [0.25, 0.3) is 22.2 Å². The van der Waals surface area contributed by atoms with Crippen molar-refractivity contribution in [2.45, 2.75) is 30.2 Å². The maximum Gasteiger partial charge on any atom is 0.264 e. The maximum atomic E-state index is 13.5. The van der Waals surface area contributed by atoms with E-state index >= 15 is 0 Å². The van der Waals surface area contributed by atoms with Gasteiger partial charge in [0.2, 0.25) is 11.8 Å². The smallest absolute Gasteiger partial charge is 0.264 e. The molecule has 214 valence electrons. The number of rotatable bonds is 8. The summed E-state index contributed by atoms with van der Waals surface area (Å²) in [5, 5.41) is 6.11. The number of benzene rings is 4. The Labute approximate surface area is 249 Å². The van der Waals surface area contributed by atoms with Crippen LogP contribution >= 0.6 is 0 Å². The monoisotopic (exact) mass is 589 g/mol. The summed E-state index contributed by atoms with van der Waals surface area (Å²) in [5.74, 6) is -1.16. The minimum Gasteiger partial charge on any atom is -0.274 e. The lowest BCUT2D eigenvalue weighted by Gasteiger charge is -2.22. The molecule has 1 aliphatic rings. The molecule has 0 aliphatic carbocycles. The number of hydrazone groups is 1. The zero-order valence-electron chi connectivity index (χ0n) is 23.0. The zero-order chi connectivity index (χ0) is 29.8. The molecule has 5 aromatic rings. The lowest BCUT2D eigenvalue weighted by Crippen LogP contribution is -2.32. The molecule has 2 heterocycles. The van der Waals surface area contributed by atoms with Gasteiger partial charge in [-0.15, -0.1) is 0 Å².